The van der Waals surface area contributed by atoms with Gasteiger partial charge in [0.25, 0.3) is 0 Å². The molecule has 0 rings (SSSR count). The van der Waals surface area contributed by atoms with Crippen LogP contribution in [0.1, 0.15) is 64.7 Å². The lowest BCUT2D eigenvalue weighted by molar-refractivity contribution is -0.104. The second-order valence-electron chi connectivity index (χ2n) is 5.37. The molecular weight excluding hydrogens is 268 g/mol. The van der Waals surface area contributed by atoms with E-state index in [0.29, 0.717) is 0 Å². The second kappa shape index (κ2) is 19.4. The molecular formula is C21H32O. The Bertz CT molecular complexity index is 369. The molecule has 0 aliphatic carbocycles. The van der Waals surface area contributed by atoms with Gasteiger partial charge in [-0.25, -0.2) is 0 Å². The van der Waals surface area contributed by atoms with Crippen LogP contribution in [0.15, 0.2) is 60.8 Å². The number of carbonyl (C=O) groups is 1. The molecule has 0 spiro atoms. The maximum atomic E-state index is 10.0. The van der Waals surface area contributed by atoms with Gasteiger partial charge in [0, 0.05) is 0 Å². The number of carbonyl (C=O) groups excluding carboxylic acids is 1. The van der Waals surface area contributed by atoms with Crippen molar-refractivity contribution < 1.29 is 4.79 Å². The molecule has 1 heteroatoms. The van der Waals surface area contributed by atoms with Crippen LogP contribution >= 0.6 is 0 Å². The van der Waals surface area contributed by atoms with Crippen molar-refractivity contribution in [2.75, 3.05) is 0 Å². The average Bonchev–Trinajstić information content (AvgIpc) is 2.54. The smallest absolute Gasteiger partial charge is 0.142 e. The van der Waals surface area contributed by atoms with E-state index in [1.165, 1.54) is 63.9 Å². The Balaban J connectivity index is 3.41. The molecule has 0 saturated heterocycles. The number of aldehydes is 1. The molecule has 0 heterocycles. The normalized spacial score (nSPS) is 12.8. The van der Waals surface area contributed by atoms with Crippen LogP contribution in [0, 0.1) is 0 Å². The molecule has 0 fully saturated rings. The van der Waals surface area contributed by atoms with Crippen molar-refractivity contribution in [3.8, 4) is 0 Å². The van der Waals surface area contributed by atoms with Crippen LogP contribution in [-0.2, 0) is 4.79 Å². The summed E-state index contributed by atoms with van der Waals surface area (Å²) in [6.07, 6.45) is 32.2. The third kappa shape index (κ3) is 18.4. The molecule has 0 atom stereocenters. The zero-order valence-electron chi connectivity index (χ0n) is 14.1. The fraction of sp³-hybridized carbons (Fsp3) is 0.476. The third-order valence-corrected chi connectivity index (χ3v) is 3.33. The highest BCUT2D eigenvalue weighted by atomic mass is 16.1. The number of rotatable bonds is 14. The first-order valence-corrected chi connectivity index (χ1v) is 8.68. The number of allylic oxidation sites excluding steroid dienone is 10. The molecule has 0 saturated carbocycles. The monoisotopic (exact) mass is 300 g/mol. The summed E-state index contributed by atoms with van der Waals surface area (Å²) in [5, 5.41) is 0. The minimum Gasteiger partial charge on any atom is -0.299 e. The first-order chi connectivity index (χ1) is 10.9. The fourth-order valence-corrected chi connectivity index (χ4v) is 2.07. The van der Waals surface area contributed by atoms with Gasteiger partial charge < -0.3 is 0 Å². The molecule has 0 amide bonds. The maximum absolute atomic E-state index is 10.0. The molecule has 0 radical (unpaired) electrons. The fourth-order valence-electron chi connectivity index (χ4n) is 2.07. The minimum absolute atomic E-state index is 0.769. The number of hydrogen-bond acceptors (Lipinski definition) is 1. The second-order valence-corrected chi connectivity index (χ2v) is 5.37. The van der Waals surface area contributed by atoms with E-state index < -0.39 is 0 Å². The predicted molar refractivity (Wildman–Crippen MR) is 99.0 cm³/mol. The molecule has 0 aromatic carbocycles. The van der Waals surface area contributed by atoms with Gasteiger partial charge in [0.05, 0.1) is 0 Å². The molecule has 0 aromatic rings. The van der Waals surface area contributed by atoms with Gasteiger partial charge in [-0.2, -0.15) is 0 Å². The molecule has 0 aliphatic rings. The zero-order valence-corrected chi connectivity index (χ0v) is 14.1. The van der Waals surface area contributed by atoms with Gasteiger partial charge in [-0.3, -0.25) is 4.79 Å². The van der Waals surface area contributed by atoms with E-state index in [4.69, 9.17) is 0 Å². The molecule has 0 aliphatic heterocycles. The van der Waals surface area contributed by atoms with E-state index in [9.17, 15) is 4.79 Å². The van der Waals surface area contributed by atoms with Crippen molar-refractivity contribution in [2.24, 2.45) is 0 Å². The van der Waals surface area contributed by atoms with E-state index in [0.717, 1.165) is 6.29 Å². The van der Waals surface area contributed by atoms with Crippen LogP contribution in [0.5, 0.6) is 0 Å². The summed E-state index contributed by atoms with van der Waals surface area (Å²) in [5.41, 5.74) is 0. The Morgan fingerprint density at radius 3 is 1.55 bits per heavy atom. The third-order valence-electron chi connectivity index (χ3n) is 3.33. The van der Waals surface area contributed by atoms with Crippen molar-refractivity contribution >= 4 is 6.29 Å². The van der Waals surface area contributed by atoms with Crippen LogP contribution in [0.4, 0.5) is 0 Å². The zero-order chi connectivity index (χ0) is 16.1. The Kier molecular flexibility index (Phi) is 17.9. The summed E-state index contributed by atoms with van der Waals surface area (Å²) in [6.45, 7) is 2.26. The lowest BCUT2D eigenvalue weighted by Crippen LogP contribution is -1.79. The molecule has 22 heavy (non-hydrogen) atoms. The summed E-state index contributed by atoms with van der Waals surface area (Å²) in [4.78, 5) is 10.0. The summed E-state index contributed by atoms with van der Waals surface area (Å²) >= 11 is 0. The highest BCUT2D eigenvalue weighted by molar-refractivity contribution is 5.65. The standard InChI is InChI=1S/C21H32O/c1-2-3-4-5-6-7-8-9-10-11-12-13-14-15-16-17-18-19-20-21-22/h11-21H,2-10H2,1H3/b12-11+,14-13+,16-15+,18-17+,20-19+. The predicted octanol–water partition coefficient (Wildman–Crippen LogP) is 6.50. The van der Waals surface area contributed by atoms with E-state index in [1.807, 2.05) is 30.4 Å². The van der Waals surface area contributed by atoms with Crippen molar-refractivity contribution in [1.82, 2.24) is 0 Å². The van der Waals surface area contributed by atoms with E-state index in [2.05, 4.69) is 25.2 Å². The highest BCUT2D eigenvalue weighted by Crippen LogP contribution is 2.09. The van der Waals surface area contributed by atoms with Gasteiger partial charge in [-0.1, -0.05) is 107 Å². The summed E-state index contributed by atoms with van der Waals surface area (Å²) in [7, 11) is 0. The van der Waals surface area contributed by atoms with Crippen LogP contribution < -0.4 is 0 Å². The van der Waals surface area contributed by atoms with E-state index in [-0.39, 0.29) is 0 Å². The SMILES string of the molecule is CCCCCCCCCC/C=C/C=C/C=C/C=C/C=C/C=O. The van der Waals surface area contributed by atoms with Gasteiger partial charge in [0.2, 0.25) is 0 Å². The van der Waals surface area contributed by atoms with Crippen molar-refractivity contribution in [3.05, 3.63) is 60.8 Å². The summed E-state index contributed by atoms with van der Waals surface area (Å²) < 4.78 is 0. The number of unbranched alkanes of at least 4 members (excludes halogenated alkanes) is 8. The van der Waals surface area contributed by atoms with Crippen molar-refractivity contribution in [2.45, 2.75) is 64.7 Å². The topological polar surface area (TPSA) is 17.1 Å². The average molecular weight is 300 g/mol. The molecule has 1 nitrogen and oxygen atoms in total. The van der Waals surface area contributed by atoms with E-state index >= 15 is 0 Å². The van der Waals surface area contributed by atoms with Crippen LogP contribution in [0.25, 0.3) is 0 Å². The Morgan fingerprint density at radius 1 is 0.545 bits per heavy atom. The van der Waals surface area contributed by atoms with Gasteiger partial charge in [-0.15, -0.1) is 0 Å². The Labute approximate surface area is 137 Å². The van der Waals surface area contributed by atoms with Crippen molar-refractivity contribution in [3.63, 3.8) is 0 Å². The summed E-state index contributed by atoms with van der Waals surface area (Å²) in [5.74, 6) is 0. The summed E-state index contributed by atoms with van der Waals surface area (Å²) in [6, 6.07) is 0. The first kappa shape index (κ1) is 20.4. The molecule has 0 N–H and O–H groups in total. The largest absolute Gasteiger partial charge is 0.299 e. The Hall–Kier alpha value is -1.63. The van der Waals surface area contributed by atoms with Gasteiger partial charge in [0.1, 0.15) is 6.29 Å². The first-order valence-electron chi connectivity index (χ1n) is 8.68. The number of hydrogen-bond donors (Lipinski definition) is 0. The molecule has 0 unspecified atom stereocenters. The van der Waals surface area contributed by atoms with Gasteiger partial charge in [0.15, 0.2) is 0 Å². The minimum atomic E-state index is 0.769. The molecule has 0 aromatic heterocycles. The molecule has 122 valence electrons. The quantitative estimate of drug-likeness (QED) is 0.155. The highest BCUT2D eigenvalue weighted by Gasteiger charge is 1.89. The van der Waals surface area contributed by atoms with E-state index in [1.54, 1.807) is 6.08 Å². The van der Waals surface area contributed by atoms with Crippen LogP contribution in [-0.4, -0.2) is 6.29 Å². The van der Waals surface area contributed by atoms with Crippen molar-refractivity contribution in [1.29, 1.82) is 0 Å². The maximum Gasteiger partial charge on any atom is 0.142 e. The Morgan fingerprint density at radius 2 is 1.00 bits per heavy atom. The lowest BCUT2D eigenvalue weighted by Gasteiger charge is -1.99. The van der Waals surface area contributed by atoms with Gasteiger partial charge >= 0.3 is 0 Å². The molecule has 0 bridgehead atoms. The van der Waals surface area contributed by atoms with Crippen LogP contribution in [0.3, 0.4) is 0 Å². The van der Waals surface area contributed by atoms with Crippen LogP contribution in [0.2, 0.25) is 0 Å². The lowest BCUT2D eigenvalue weighted by atomic mass is 10.1. The van der Waals surface area contributed by atoms with Gasteiger partial charge in [-0.05, 0) is 18.9 Å².